The Kier molecular flexibility index (Phi) is 7.26. The summed E-state index contributed by atoms with van der Waals surface area (Å²) in [6.45, 7) is 6.53. The van der Waals surface area contributed by atoms with E-state index < -0.39 is 22.7 Å². The maximum absolute atomic E-state index is 13.5. The van der Waals surface area contributed by atoms with Gasteiger partial charge in [-0.25, -0.2) is 17.6 Å². The molecule has 0 atom stereocenters. The van der Waals surface area contributed by atoms with E-state index in [0.29, 0.717) is 34.7 Å². The quantitative estimate of drug-likeness (QED) is 0.278. The molecule has 34 heavy (non-hydrogen) atoms. The van der Waals surface area contributed by atoms with E-state index >= 15 is 0 Å². The lowest BCUT2D eigenvalue weighted by Gasteiger charge is -2.21. The third-order valence-corrected chi connectivity index (χ3v) is 6.88. The van der Waals surface area contributed by atoms with Crippen molar-refractivity contribution in [1.29, 1.82) is 0 Å². The molecule has 0 radical (unpaired) electrons. The molecule has 1 fully saturated rings. The van der Waals surface area contributed by atoms with Crippen LogP contribution >= 0.6 is 0 Å². The van der Waals surface area contributed by atoms with Gasteiger partial charge in [-0.2, -0.15) is 0 Å². The minimum absolute atomic E-state index is 0.197. The number of halogens is 1. The van der Waals surface area contributed by atoms with Crippen LogP contribution in [0.2, 0.25) is 0 Å². The Labute approximate surface area is 200 Å². The Morgan fingerprint density at radius 3 is 2.50 bits per heavy atom. The molecule has 1 heterocycles. The van der Waals surface area contributed by atoms with Crippen LogP contribution in [0.15, 0.2) is 40.8 Å². The number of carbonyl (C=O) groups excluding carboxylic acids is 1. The number of esters is 1. The van der Waals surface area contributed by atoms with E-state index in [2.05, 4.69) is 13.8 Å². The third kappa shape index (κ3) is 5.12. The molecule has 3 aromatic rings. The molecule has 0 saturated heterocycles. The van der Waals surface area contributed by atoms with E-state index in [-0.39, 0.29) is 23.8 Å². The highest BCUT2D eigenvalue weighted by Gasteiger charge is 2.32. The lowest BCUT2D eigenvalue weighted by Crippen LogP contribution is -2.24. The van der Waals surface area contributed by atoms with Gasteiger partial charge in [0.05, 0.1) is 12.3 Å². The van der Waals surface area contributed by atoms with Crippen molar-refractivity contribution in [3.05, 3.63) is 53.3 Å². The van der Waals surface area contributed by atoms with Crippen molar-refractivity contribution in [3.8, 4) is 11.3 Å². The number of rotatable bonds is 10. The summed E-state index contributed by atoms with van der Waals surface area (Å²) in [5, 5.41) is 0.576. The Bertz CT molecular complexity index is 1250. The van der Waals surface area contributed by atoms with Gasteiger partial charge in [0.15, 0.2) is 0 Å². The third-order valence-electron chi connectivity index (χ3n) is 6.07. The van der Waals surface area contributed by atoms with Crippen LogP contribution in [0.1, 0.15) is 68.3 Å². The van der Waals surface area contributed by atoms with Crippen LogP contribution in [0.5, 0.6) is 0 Å². The first-order valence-electron chi connectivity index (χ1n) is 11.8. The first-order valence-corrected chi connectivity index (χ1v) is 12.9. The molecule has 182 valence electrons. The zero-order chi connectivity index (χ0) is 24.4. The van der Waals surface area contributed by atoms with Crippen molar-refractivity contribution in [2.45, 2.75) is 52.4 Å². The second kappa shape index (κ2) is 10.2. The zero-order valence-electron chi connectivity index (χ0n) is 19.7. The maximum Gasteiger partial charge on any atom is 0.342 e. The summed E-state index contributed by atoms with van der Waals surface area (Å²) in [6.07, 6.45) is 3.59. The Morgan fingerprint density at radius 2 is 1.91 bits per heavy atom. The van der Waals surface area contributed by atoms with Crippen molar-refractivity contribution in [2.75, 3.05) is 17.5 Å². The molecule has 0 unspecified atom stereocenters. The SMILES string of the molecule is CCOC(=O)c1c(-c2ccc(F)cc2)oc2cc(N(CCCC(C)C)[SH](=O)=O)c(C3CC3)cc12. The average Bonchev–Trinajstić information content (AvgIpc) is 3.56. The van der Waals surface area contributed by atoms with Gasteiger partial charge in [0.25, 0.3) is 0 Å². The van der Waals surface area contributed by atoms with E-state index in [1.54, 1.807) is 25.1 Å². The monoisotopic (exact) mass is 487 g/mol. The molecule has 0 bridgehead atoms. The Hall–Kier alpha value is -2.87. The Balaban J connectivity index is 1.88. The summed E-state index contributed by atoms with van der Waals surface area (Å²) in [5.74, 6) is 0.0736. The van der Waals surface area contributed by atoms with Crippen molar-refractivity contribution < 1.29 is 26.8 Å². The first-order chi connectivity index (χ1) is 16.3. The predicted octanol–water partition coefficient (Wildman–Crippen LogP) is 6.06. The standard InChI is InChI=1S/C26H30FNO5S/c1-4-32-26(29)24-21-14-20(17-7-8-17)22(28(34(30)31)13-5-6-16(2)3)15-23(21)33-25(24)18-9-11-19(27)12-10-18/h9-12,14-17,34H,4-8,13H2,1-3H3. The van der Waals surface area contributed by atoms with Gasteiger partial charge < -0.3 is 9.15 Å². The summed E-state index contributed by atoms with van der Waals surface area (Å²) in [6, 6.07) is 9.29. The van der Waals surface area contributed by atoms with Gasteiger partial charge in [-0.3, -0.25) is 4.31 Å². The number of hydrogen-bond acceptors (Lipinski definition) is 5. The van der Waals surface area contributed by atoms with E-state index in [9.17, 15) is 17.6 Å². The van der Waals surface area contributed by atoms with Crippen LogP contribution in [0, 0.1) is 11.7 Å². The molecular weight excluding hydrogens is 457 g/mol. The Morgan fingerprint density at radius 1 is 1.21 bits per heavy atom. The predicted molar refractivity (Wildman–Crippen MR) is 131 cm³/mol. The van der Waals surface area contributed by atoms with Crippen molar-refractivity contribution >= 4 is 33.5 Å². The summed E-state index contributed by atoms with van der Waals surface area (Å²) >= 11 is 0. The van der Waals surface area contributed by atoms with Gasteiger partial charge in [0, 0.05) is 23.6 Å². The van der Waals surface area contributed by atoms with Crippen molar-refractivity contribution in [2.24, 2.45) is 5.92 Å². The van der Waals surface area contributed by atoms with Crippen LogP contribution in [-0.4, -0.2) is 27.5 Å². The van der Waals surface area contributed by atoms with Crippen LogP contribution in [-0.2, 0) is 15.6 Å². The molecular formula is C26H30FNO5S. The van der Waals surface area contributed by atoms with Crippen molar-refractivity contribution in [3.63, 3.8) is 0 Å². The lowest BCUT2D eigenvalue weighted by molar-refractivity contribution is 0.0528. The first kappa shape index (κ1) is 24.3. The fourth-order valence-corrected chi connectivity index (χ4v) is 4.90. The number of nitrogens with zero attached hydrogens (tertiary/aromatic N) is 1. The number of thiol groups is 1. The zero-order valence-corrected chi connectivity index (χ0v) is 20.6. The molecule has 8 heteroatoms. The lowest BCUT2D eigenvalue weighted by atomic mass is 10.0. The van der Waals surface area contributed by atoms with Crippen LogP contribution in [0.3, 0.4) is 0 Å². The fraction of sp³-hybridized carbons (Fsp3) is 0.423. The average molecular weight is 488 g/mol. The number of furan rings is 1. The number of anilines is 1. The molecule has 0 N–H and O–H groups in total. The number of hydrogen-bond donors (Lipinski definition) is 1. The summed E-state index contributed by atoms with van der Waals surface area (Å²) in [7, 11) is -2.85. The van der Waals surface area contributed by atoms with Crippen molar-refractivity contribution in [1.82, 2.24) is 0 Å². The van der Waals surface area contributed by atoms with Gasteiger partial charge >= 0.3 is 5.97 Å². The highest BCUT2D eigenvalue weighted by Crippen LogP contribution is 2.47. The smallest absolute Gasteiger partial charge is 0.342 e. The minimum atomic E-state index is -2.85. The van der Waals surface area contributed by atoms with Gasteiger partial charge in [-0.1, -0.05) is 13.8 Å². The number of ether oxygens (including phenoxy) is 1. The molecule has 0 spiro atoms. The highest BCUT2D eigenvalue weighted by molar-refractivity contribution is 7.74. The largest absolute Gasteiger partial charge is 0.462 e. The second-order valence-corrected chi connectivity index (χ2v) is 10.1. The normalized spacial score (nSPS) is 13.7. The van der Waals surface area contributed by atoms with E-state index in [1.165, 1.54) is 16.4 Å². The van der Waals surface area contributed by atoms with Gasteiger partial charge in [-0.05, 0) is 80.3 Å². The summed E-state index contributed by atoms with van der Waals surface area (Å²) in [4.78, 5) is 12.9. The van der Waals surface area contributed by atoms with Gasteiger partial charge in [0.1, 0.15) is 22.7 Å². The second-order valence-electron chi connectivity index (χ2n) is 9.11. The molecule has 1 aromatic heterocycles. The minimum Gasteiger partial charge on any atom is -0.462 e. The highest BCUT2D eigenvalue weighted by atomic mass is 32.2. The molecule has 2 aromatic carbocycles. The number of fused-ring (bicyclic) bond motifs is 1. The molecule has 4 rings (SSSR count). The molecule has 1 aliphatic rings. The fourth-order valence-electron chi connectivity index (χ4n) is 4.24. The molecule has 1 saturated carbocycles. The number of carbonyl (C=O) groups is 1. The molecule has 0 aliphatic heterocycles. The van der Waals surface area contributed by atoms with Crippen LogP contribution in [0.25, 0.3) is 22.3 Å². The van der Waals surface area contributed by atoms with E-state index in [1.807, 2.05) is 6.07 Å². The maximum atomic E-state index is 13.5. The summed E-state index contributed by atoms with van der Waals surface area (Å²) in [5.41, 5.74) is 2.71. The molecule has 0 amide bonds. The topological polar surface area (TPSA) is 76.8 Å². The van der Waals surface area contributed by atoms with Crippen LogP contribution < -0.4 is 4.31 Å². The number of benzene rings is 2. The molecule has 1 aliphatic carbocycles. The molecule has 6 nitrogen and oxygen atoms in total. The van der Waals surface area contributed by atoms with E-state index in [4.69, 9.17) is 9.15 Å². The van der Waals surface area contributed by atoms with E-state index in [0.717, 1.165) is 31.2 Å². The van der Waals surface area contributed by atoms with Crippen LogP contribution in [0.4, 0.5) is 10.1 Å². The van der Waals surface area contributed by atoms with Gasteiger partial charge in [0.2, 0.25) is 10.9 Å². The summed E-state index contributed by atoms with van der Waals surface area (Å²) < 4.78 is 50.9. The van der Waals surface area contributed by atoms with Gasteiger partial charge in [-0.15, -0.1) is 0 Å².